The quantitative estimate of drug-likeness (QED) is 0.586. The van der Waals surface area contributed by atoms with Crippen molar-refractivity contribution in [2.75, 3.05) is 19.8 Å². The average molecular weight is 286 g/mol. The number of hydrogen-bond donors (Lipinski definition) is 0. The van der Waals surface area contributed by atoms with E-state index in [1.807, 2.05) is 0 Å². The highest BCUT2D eigenvalue weighted by atomic mass is 127. The highest BCUT2D eigenvalue weighted by Crippen LogP contribution is 2.50. The molecule has 1 saturated carbocycles. The summed E-state index contributed by atoms with van der Waals surface area (Å²) in [6.45, 7) is 2.93. The molecule has 1 spiro atoms. The van der Waals surface area contributed by atoms with Crippen LogP contribution in [0.1, 0.15) is 12.8 Å². The maximum atomic E-state index is 5.26. The van der Waals surface area contributed by atoms with Gasteiger partial charge in [-0.3, -0.25) is 0 Å². The molecule has 2 fully saturated rings. The smallest absolute Gasteiger partial charge is 0.0652 e. The van der Waals surface area contributed by atoms with Crippen LogP contribution in [0.4, 0.5) is 0 Å². The van der Waals surface area contributed by atoms with Crippen LogP contribution in [-0.2, 0) is 8.92 Å². The number of halogens is 1. The highest BCUT2D eigenvalue weighted by molar-refractivity contribution is 14.2. The summed E-state index contributed by atoms with van der Waals surface area (Å²) in [6.07, 6.45) is 2.65. The molecule has 0 unspecified atom stereocenters. The zero-order chi connectivity index (χ0) is 7.73. The molecule has 1 heterocycles. The van der Waals surface area contributed by atoms with Gasteiger partial charge in [-0.25, -0.2) is 0 Å². The Balaban J connectivity index is 1.63. The van der Waals surface area contributed by atoms with Crippen molar-refractivity contribution in [3.8, 4) is 0 Å². The van der Waals surface area contributed by atoms with Crippen molar-refractivity contribution in [1.82, 2.24) is 0 Å². The molecule has 0 amide bonds. The van der Waals surface area contributed by atoms with Gasteiger partial charge in [0.1, 0.15) is 0 Å². The number of ether oxygens (including phenoxy) is 1. The van der Waals surface area contributed by atoms with Gasteiger partial charge in [0.05, 0.1) is 29.0 Å². The molecule has 11 heavy (non-hydrogen) atoms. The lowest BCUT2D eigenvalue weighted by molar-refractivity contribution is -0.182. The first-order valence-corrected chi connectivity index (χ1v) is 7.11. The van der Waals surface area contributed by atoms with Crippen LogP contribution in [0, 0.1) is 11.3 Å². The molecule has 1 saturated heterocycles. The van der Waals surface area contributed by atoms with Gasteiger partial charge in [-0.15, -0.1) is 0 Å². The van der Waals surface area contributed by atoms with Crippen molar-refractivity contribution in [2.45, 2.75) is 12.8 Å². The van der Waals surface area contributed by atoms with E-state index in [0.717, 1.165) is 25.7 Å². The van der Waals surface area contributed by atoms with E-state index >= 15 is 0 Å². The summed E-state index contributed by atoms with van der Waals surface area (Å²) >= 11 is 2.16. The Morgan fingerprint density at radius 2 is 2.27 bits per heavy atom. The van der Waals surface area contributed by atoms with Crippen LogP contribution in [0.15, 0.2) is 0 Å². The van der Waals surface area contributed by atoms with E-state index < -0.39 is 0 Å². The summed E-state index contributed by atoms with van der Waals surface area (Å²) in [5.74, 6) is 0.807. The summed E-state index contributed by atoms with van der Waals surface area (Å²) in [5, 5.41) is 0. The van der Waals surface area contributed by atoms with Gasteiger partial charge in [0.25, 0.3) is 0 Å². The predicted molar refractivity (Wildman–Crippen MR) is 53.5 cm³/mol. The summed E-state index contributed by atoms with van der Waals surface area (Å²) in [6, 6.07) is 0. The minimum absolute atomic E-state index is 0.601. The zero-order valence-corrected chi connectivity index (χ0v) is 9.19. The van der Waals surface area contributed by atoms with Crippen molar-refractivity contribution in [1.29, 1.82) is 0 Å². The largest absolute Gasteiger partial charge is 0.380 e. The topological polar surface area (TPSA) is 18.5 Å². The van der Waals surface area contributed by atoms with E-state index in [1.54, 1.807) is 0 Å². The van der Waals surface area contributed by atoms with Crippen molar-refractivity contribution in [2.24, 2.45) is 11.3 Å². The molecule has 0 aromatic heterocycles. The SMILES string of the molecule is ISOCC1CC2(COC2)C1. The summed E-state index contributed by atoms with van der Waals surface area (Å²) < 4.78 is 10.4. The Labute approximate surface area is 83.2 Å². The van der Waals surface area contributed by atoms with E-state index in [-0.39, 0.29) is 0 Å². The van der Waals surface area contributed by atoms with Gasteiger partial charge in [0.15, 0.2) is 0 Å². The predicted octanol–water partition coefficient (Wildman–Crippen LogP) is 2.43. The molecular formula is C7H11IO2S. The molecule has 2 nitrogen and oxygen atoms in total. The number of rotatable bonds is 3. The molecule has 64 valence electrons. The van der Waals surface area contributed by atoms with Crippen LogP contribution in [-0.4, -0.2) is 19.8 Å². The second-order valence-electron chi connectivity index (χ2n) is 3.61. The standard InChI is InChI=1S/C7H11IO2S/c8-11-10-3-6-1-7(2-6)4-9-5-7/h6H,1-5H2. The maximum Gasteiger partial charge on any atom is 0.0652 e. The van der Waals surface area contributed by atoms with E-state index in [2.05, 4.69) is 21.2 Å². The maximum absolute atomic E-state index is 5.26. The lowest BCUT2D eigenvalue weighted by Gasteiger charge is -2.53. The van der Waals surface area contributed by atoms with Crippen molar-refractivity contribution >= 4 is 30.4 Å². The summed E-state index contributed by atoms with van der Waals surface area (Å²) in [7, 11) is 1.44. The third kappa shape index (κ3) is 1.68. The Kier molecular flexibility index (Phi) is 2.65. The van der Waals surface area contributed by atoms with Gasteiger partial charge in [-0.05, 0) is 18.8 Å². The van der Waals surface area contributed by atoms with Crippen LogP contribution >= 0.6 is 30.4 Å². The zero-order valence-electron chi connectivity index (χ0n) is 6.22. The van der Waals surface area contributed by atoms with Gasteiger partial charge < -0.3 is 8.92 Å². The molecular weight excluding hydrogens is 275 g/mol. The molecule has 0 atom stereocenters. The Morgan fingerprint density at radius 1 is 1.55 bits per heavy atom. The van der Waals surface area contributed by atoms with Crippen molar-refractivity contribution in [3.63, 3.8) is 0 Å². The van der Waals surface area contributed by atoms with E-state index in [9.17, 15) is 0 Å². The first-order chi connectivity index (χ1) is 5.35. The van der Waals surface area contributed by atoms with E-state index in [4.69, 9.17) is 8.92 Å². The van der Waals surface area contributed by atoms with Crippen LogP contribution in [0.3, 0.4) is 0 Å². The lowest BCUT2D eigenvalue weighted by Crippen LogP contribution is -2.53. The van der Waals surface area contributed by atoms with Gasteiger partial charge in [-0.2, -0.15) is 0 Å². The van der Waals surface area contributed by atoms with Gasteiger partial charge in [-0.1, -0.05) is 0 Å². The number of hydrogen-bond acceptors (Lipinski definition) is 3. The molecule has 0 N–H and O–H groups in total. The van der Waals surface area contributed by atoms with E-state index in [1.165, 1.54) is 22.1 Å². The molecule has 0 radical (unpaired) electrons. The van der Waals surface area contributed by atoms with Gasteiger partial charge in [0.2, 0.25) is 0 Å². The fourth-order valence-electron chi connectivity index (χ4n) is 2.03. The minimum Gasteiger partial charge on any atom is -0.380 e. The van der Waals surface area contributed by atoms with Gasteiger partial charge >= 0.3 is 0 Å². The fraction of sp³-hybridized carbons (Fsp3) is 1.00. The molecule has 1 aliphatic carbocycles. The van der Waals surface area contributed by atoms with E-state index in [0.29, 0.717) is 5.41 Å². The molecule has 0 aromatic rings. The van der Waals surface area contributed by atoms with Crippen LogP contribution in [0.25, 0.3) is 0 Å². The Morgan fingerprint density at radius 3 is 2.73 bits per heavy atom. The van der Waals surface area contributed by atoms with Crippen LogP contribution < -0.4 is 0 Å². The summed E-state index contributed by atoms with van der Waals surface area (Å²) in [5.41, 5.74) is 0.601. The van der Waals surface area contributed by atoms with Crippen molar-refractivity contribution in [3.05, 3.63) is 0 Å². The second kappa shape index (κ2) is 3.40. The molecule has 0 bridgehead atoms. The first kappa shape index (κ1) is 8.59. The minimum atomic E-state index is 0.601. The molecule has 4 heteroatoms. The Hall–Kier alpha value is 1.00. The Bertz CT molecular complexity index is 141. The summed E-state index contributed by atoms with van der Waals surface area (Å²) in [4.78, 5) is 0. The monoisotopic (exact) mass is 286 g/mol. The second-order valence-corrected chi connectivity index (χ2v) is 5.06. The average Bonchev–Trinajstić information content (AvgIpc) is 1.81. The van der Waals surface area contributed by atoms with Crippen LogP contribution in [0.5, 0.6) is 0 Å². The van der Waals surface area contributed by atoms with Crippen molar-refractivity contribution < 1.29 is 8.92 Å². The third-order valence-corrected chi connectivity index (χ3v) is 3.60. The van der Waals surface area contributed by atoms with Gasteiger partial charge in [0, 0.05) is 26.6 Å². The highest BCUT2D eigenvalue weighted by Gasteiger charge is 2.49. The fourth-order valence-corrected chi connectivity index (χ4v) is 2.72. The van der Waals surface area contributed by atoms with Crippen LogP contribution in [0.2, 0.25) is 0 Å². The third-order valence-electron chi connectivity index (χ3n) is 2.61. The molecule has 1 aliphatic heterocycles. The normalized spacial score (nSPS) is 28.1. The molecule has 2 rings (SSSR count). The molecule has 0 aromatic carbocycles. The molecule has 2 aliphatic rings. The lowest BCUT2D eigenvalue weighted by atomic mass is 9.61. The first-order valence-electron chi connectivity index (χ1n) is 3.83.